The summed E-state index contributed by atoms with van der Waals surface area (Å²) in [6.07, 6.45) is 3.74. The first-order valence-corrected chi connectivity index (χ1v) is 7.22. The molecule has 0 bridgehead atoms. The molecule has 0 amide bonds. The average molecular weight is 246 g/mol. The zero-order valence-corrected chi connectivity index (χ0v) is 11.7. The first kappa shape index (κ1) is 13.6. The van der Waals surface area contributed by atoms with Gasteiger partial charge in [-0.2, -0.15) is 0 Å². The van der Waals surface area contributed by atoms with E-state index in [2.05, 4.69) is 43.1 Å². The highest BCUT2D eigenvalue weighted by molar-refractivity contribution is 5.26. The molecule has 1 heterocycles. The molecule has 0 aromatic heterocycles. The maximum absolute atomic E-state index is 6.03. The van der Waals surface area contributed by atoms with Crippen LogP contribution in [-0.4, -0.2) is 31.6 Å². The van der Waals surface area contributed by atoms with E-state index in [1.54, 1.807) is 0 Å². The van der Waals surface area contributed by atoms with Gasteiger partial charge < -0.3 is 10.6 Å². The van der Waals surface area contributed by atoms with Crippen molar-refractivity contribution >= 4 is 0 Å². The molecular formula is C16H26N2. The molecule has 2 atom stereocenters. The van der Waals surface area contributed by atoms with E-state index in [4.69, 9.17) is 5.73 Å². The molecule has 1 aromatic rings. The van der Waals surface area contributed by atoms with E-state index in [9.17, 15) is 0 Å². The molecule has 1 saturated heterocycles. The molecule has 0 radical (unpaired) electrons. The van der Waals surface area contributed by atoms with Gasteiger partial charge in [0.1, 0.15) is 0 Å². The Morgan fingerprint density at radius 3 is 2.61 bits per heavy atom. The predicted molar refractivity (Wildman–Crippen MR) is 77.8 cm³/mol. The third kappa shape index (κ3) is 3.12. The fourth-order valence-electron chi connectivity index (χ4n) is 3.14. The minimum absolute atomic E-state index is 0.527. The van der Waals surface area contributed by atoms with E-state index < -0.39 is 0 Å². The number of piperidine rings is 1. The van der Waals surface area contributed by atoms with Crippen LogP contribution in [0.15, 0.2) is 24.3 Å². The number of aryl methyl sites for hydroxylation is 1. The Morgan fingerprint density at radius 1 is 1.33 bits per heavy atom. The van der Waals surface area contributed by atoms with E-state index in [1.807, 2.05) is 0 Å². The second-order valence-corrected chi connectivity index (χ2v) is 5.60. The van der Waals surface area contributed by atoms with Crippen molar-refractivity contribution in [1.29, 1.82) is 0 Å². The van der Waals surface area contributed by atoms with E-state index in [-0.39, 0.29) is 0 Å². The topological polar surface area (TPSA) is 29.3 Å². The van der Waals surface area contributed by atoms with Gasteiger partial charge in [-0.3, -0.25) is 0 Å². The third-order valence-corrected chi connectivity index (χ3v) is 4.30. The van der Waals surface area contributed by atoms with Crippen LogP contribution >= 0.6 is 0 Å². The van der Waals surface area contributed by atoms with Gasteiger partial charge in [-0.1, -0.05) is 31.2 Å². The lowest BCUT2D eigenvalue weighted by Crippen LogP contribution is -2.37. The van der Waals surface area contributed by atoms with Crippen LogP contribution in [0.3, 0.4) is 0 Å². The van der Waals surface area contributed by atoms with Crippen LogP contribution < -0.4 is 5.73 Å². The Kier molecular flexibility index (Phi) is 4.79. The maximum Gasteiger partial charge on any atom is 0.00129 e. The van der Waals surface area contributed by atoms with Gasteiger partial charge in [0, 0.05) is 12.5 Å². The molecule has 1 aromatic carbocycles. The molecule has 18 heavy (non-hydrogen) atoms. The van der Waals surface area contributed by atoms with E-state index >= 15 is 0 Å². The van der Waals surface area contributed by atoms with Crippen LogP contribution in [0.25, 0.3) is 0 Å². The van der Waals surface area contributed by atoms with E-state index in [1.165, 1.54) is 37.1 Å². The van der Waals surface area contributed by atoms with Gasteiger partial charge in [-0.05, 0) is 56.4 Å². The van der Waals surface area contributed by atoms with Crippen LogP contribution in [0.2, 0.25) is 0 Å². The highest BCUT2D eigenvalue weighted by Gasteiger charge is 2.25. The molecule has 0 aliphatic carbocycles. The largest absolute Gasteiger partial charge is 0.330 e. The van der Waals surface area contributed by atoms with Gasteiger partial charge in [0.2, 0.25) is 0 Å². The van der Waals surface area contributed by atoms with Crippen molar-refractivity contribution in [1.82, 2.24) is 4.90 Å². The number of benzene rings is 1. The second kappa shape index (κ2) is 6.35. The number of hydrogen-bond donors (Lipinski definition) is 1. The lowest BCUT2D eigenvalue weighted by molar-refractivity contribution is 0.188. The zero-order chi connectivity index (χ0) is 13.0. The first-order valence-electron chi connectivity index (χ1n) is 7.22. The Balaban J connectivity index is 2.11. The smallest absolute Gasteiger partial charge is 0.00129 e. The summed E-state index contributed by atoms with van der Waals surface area (Å²) in [6, 6.07) is 9.07. The van der Waals surface area contributed by atoms with Crippen molar-refractivity contribution in [2.45, 2.75) is 32.1 Å². The summed E-state index contributed by atoms with van der Waals surface area (Å²) >= 11 is 0. The number of hydrogen-bond acceptors (Lipinski definition) is 2. The van der Waals surface area contributed by atoms with Crippen LogP contribution in [-0.2, 0) is 6.42 Å². The number of nitrogens with two attached hydrogens (primary N) is 1. The van der Waals surface area contributed by atoms with Gasteiger partial charge >= 0.3 is 0 Å². The van der Waals surface area contributed by atoms with Crippen LogP contribution in [0.4, 0.5) is 0 Å². The van der Waals surface area contributed by atoms with Crippen molar-refractivity contribution in [3.63, 3.8) is 0 Å². The lowest BCUT2D eigenvalue weighted by atomic mass is 9.81. The molecule has 2 nitrogen and oxygen atoms in total. The fourth-order valence-corrected chi connectivity index (χ4v) is 3.14. The van der Waals surface area contributed by atoms with Gasteiger partial charge in [-0.15, -0.1) is 0 Å². The molecule has 2 N–H and O–H groups in total. The highest BCUT2D eigenvalue weighted by atomic mass is 15.1. The Morgan fingerprint density at radius 2 is 2.06 bits per heavy atom. The quantitative estimate of drug-likeness (QED) is 0.885. The van der Waals surface area contributed by atoms with E-state index in [0.717, 1.165) is 18.9 Å². The number of nitrogens with zero attached hydrogens (tertiary/aromatic N) is 1. The summed E-state index contributed by atoms with van der Waals surface area (Å²) in [6.45, 7) is 5.40. The minimum Gasteiger partial charge on any atom is -0.330 e. The molecule has 100 valence electrons. The molecule has 1 aliphatic rings. The molecular weight excluding hydrogens is 220 g/mol. The summed E-state index contributed by atoms with van der Waals surface area (Å²) in [7, 11) is 2.22. The third-order valence-electron chi connectivity index (χ3n) is 4.30. The van der Waals surface area contributed by atoms with Crippen LogP contribution in [0.5, 0.6) is 0 Å². The van der Waals surface area contributed by atoms with Crippen molar-refractivity contribution in [3.05, 3.63) is 35.4 Å². The monoisotopic (exact) mass is 246 g/mol. The van der Waals surface area contributed by atoms with Gasteiger partial charge in [0.25, 0.3) is 0 Å². The maximum atomic E-state index is 6.03. The lowest BCUT2D eigenvalue weighted by Gasteiger charge is -2.35. The highest BCUT2D eigenvalue weighted by Crippen LogP contribution is 2.30. The van der Waals surface area contributed by atoms with Crippen molar-refractivity contribution in [2.24, 2.45) is 11.7 Å². The number of rotatable bonds is 4. The predicted octanol–water partition coefficient (Wildman–Crippen LogP) is 2.63. The first-order chi connectivity index (χ1) is 8.74. The molecule has 0 saturated carbocycles. The zero-order valence-electron chi connectivity index (χ0n) is 11.7. The normalized spacial score (nSPS) is 22.9. The summed E-state index contributed by atoms with van der Waals surface area (Å²) in [5.74, 6) is 1.25. The Bertz CT molecular complexity index is 358. The van der Waals surface area contributed by atoms with E-state index in [0.29, 0.717) is 5.92 Å². The summed E-state index contributed by atoms with van der Waals surface area (Å²) in [5.41, 5.74) is 8.87. The van der Waals surface area contributed by atoms with Gasteiger partial charge in [0.05, 0.1) is 0 Å². The average Bonchev–Trinajstić information content (AvgIpc) is 2.40. The van der Waals surface area contributed by atoms with Crippen molar-refractivity contribution in [3.8, 4) is 0 Å². The van der Waals surface area contributed by atoms with Crippen molar-refractivity contribution < 1.29 is 0 Å². The van der Waals surface area contributed by atoms with Crippen LogP contribution in [0, 0.1) is 5.92 Å². The van der Waals surface area contributed by atoms with Gasteiger partial charge in [0.15, 0.2) is 0 Å². The second-order valence-electron chi connectivity index (χ2n) is 5.60. The SMILES string of the molecule is CCc1ccc(C(CN)C2CCCN(C)C2)cc1. The molecule has 2 rings (SSSR count). The summed E-state index contributed by atoms with van der Waals surface area (Å²) < 4.78 is 0. The van der Waals surface area contributed by atoms with Crippen molar-refractivity contribution in [2.75, 3.05) is 26.7 Å². The van der Waals surface area contributed by atoms with Gasteiger partial charge in [-0.25, -0.2) is 0 Å². The summed E-state index contributed by atoms with van der Waals surface area (Å²) in [5, 5.41) is 0. The summed E-state index contributed by atoms with van der Waals surface area (Å²) in [4.78, 5) is 2.44. The van der Waals surface area contributed by atoms with Crippen LogP contribution in [0.1, 0.15) is 36.8 Å². The molecule has 1 aliphatic heterocycles. The fraction of sp³-hybridized carbons (Fsp3) is 0.625. The Hall–Kier alpha value is -0.860. The molecule has 2 unspecified atom stereocenters. The number of likely N-dealkylation sites (tertiary alicyclic amines) is 1. The minimum atomic E-state index is 0.527. The molecule has 0 spiro atoms. The Labute approximate surface area is 111 Å². The molecule has 2 heteroatoms. The molecule has 1 fully saturated rings. The standard InChI is InChI=1S/C16H26N2/c1-3-13-6-8-14(9-7-13)16(11-17)15-5-4-10-18(2)12-15/h6-9,15-16H,3-5,10-12,17H2,1-2H3.